The molecule has 3 aromatic rings. The third-order valence-corrected chi connectivity index (χ3v) is 4.44. The lowest BCUT2D eigenvalue weighted by Gasteiger charge is -2.13. The van der Waals surface area contributed by atoms with Gasteiger partial charge < -0.3 is 5.11 Å². The number of aromatic hydroxyl groups is 1. The van der Waals surface area contributed by atoms with E-state index < -0.39 is 0 Å². The molecule has 0 aliphatic heterocycles. The molecule has 0 atom stereocenters. The maximum absolute atomic E-state index is 9.71. The number of phenolic OH excluding ortho intramolecular Hbond substituents is 1. The second-order valence-electron chi connectivity index (χ2n) is 5.61. The van der Waals surface area contributed by atoms with Crippen molar-refractivity contribution in [3.63, 3.8) is 0 Å². The largest absolute Gasteiger partial charge is 0.508 e. The van der Waals surface area contributed by atoms with Crippen molar-refractivity contribution in [2.24, 2.45) is 0 Å². The summed E-state index contributed by atoms with van der Waals surface area (Å²) in [6, 6.07) is 16.7. The molecule has 0 saturated heterocycles. The lowest BCUT2D eigenvalue weighted by molar-refractivity contribution is 0.475. The Balaban J connectivity index is 2.29. The average molecular weight is 335 g/mol. The zero-order valence-electron chi connectivity index (χ0n) is 13.3. The Bertz CT molecular complexity index is 974. The molecular formula is C20H15ClN2O. The zero-order chi connectivity index (χ0) is 17.3. The summed E-state index contributed by atoms with van der Waals surface area (Å²) in [5.41, 5.74) is 5.11. The predicted octanol–water partition coefficient (Wildman–Crippen LogP) is 5.26. The van der Waals surface area contributed by atoms with Crippen LogP contribution in [0.1, 0.15) is 16.8 Å². The number of halogens is 1. The molecule has 0 aliphatic rings. The highest BCUT2D eigenvalue weighted by Gasteiger charge is 2.15. The van der Waals surface area contributed by atoms with Gasteiger partial charge in [0.25, 0.3) is 0 Å². The maximum atomic E-state index is 9.71. The normalized spacial score (nSPS) is 10.4. The molecule has 2 aromatic carbocycles. The number of aromatic nitrogens is 1. The van der Waals surface area contributed by atoms with E-state index in [2.05, 4.69) is 11.1 Å². The Kier molecular flexibility index (Phi) is 4.24. The first-order chi connectivity index (χ1) is 11.5. The molecule has 24 heavy (non-hydrogen) atoms. The molecule has 0 spiro atoms. The molecule has 1 N–H and O–H groups in total. The van der Waals surface area contributed by atoms with Gasteiger partial charge in [-0.2, -0.15) is 5.26 Å². The molecule has 0 radical (unpaired) electrons. The van der Waals surface area contributed by atoms with Crippen LogP contribution < -0.4 is 0 Å². The Morgan fingerprint density at radius 1 is 1.04 bits per heavy atom. The first-order valence-electron chi connectivity index (χ1n) is 7.48. The lowest BCUT2D eigenvalue weighted by atomic mass is 9.96. The third kappa shape index (κ3) is 2.84. The van der Waals surface area contributed by atoms with Gasteiger partial charge in [0.2, 0.25) is 0 Å². The van der Waals surface area contributed by atoms with Crippen molar-refractivity contribution >= 4 is 11.6 Å². The molecule has 0 amide bonds. The topological polar surface area (TPSA) is 56.9 Å². The summed E-state index contributed by atoms with van der Waals surface area (Å²) in [6.45, 7) is 3.74. The van der Waals surface area contributed by atoms with Gasteiger partial charge in [-0.25, -0.2) is 0 Å². The lowest BCUT2D eigenvalue weighted by Crippen LogP contribution is -1.97. The highest BCUT2D eigenvalue weighted by molar-refractivity contribution is 6.34. The fraction of sp³-hybridized carbons (Fsp3) is 0.100. The van der Waals surface area contributed by atoms with Crippen LogP contribution in [0, 0.1) is 25.2 Å². The average Bonchev–Trinajstić information content (AvgIpc) is 2.56. The Morgan fingerprint density at radius 3 is 2.50 bits per heavy atom. The first-order valence-corrected chi connectivity index (χ1v) is 7.85. The second-order valence-corrected chi connectivity index (χ2v) is 5.99. The number of phenols is 1. The van der Waals surface area contributed by atoms with Crippen molar-refractivity contribution in [1.82, 2.24) is 4.98 Å². The van der Waals surface area contributed by atoms with Crippen molar-refractivity contribution in [2.45, 2.75) is 13.8 Å². The Morgan fingerprint density at radius 2 is 1.79 bits per heavy atom. The van der Waals surface area contributed by atoms with Gasteiger partial charge in [-0.15, -0.1) is 0 Å². The third-order valence-electron chi connectivity index (χ3n) is 3.94. The summed E-state index contributed by atoms with van der Waals surface area (Å²) in [5, 5.41) is 19.9. The van der Waals surface area contributed by atoms with Gasteiger partial charge in [-0.3, -0.25) is 4.98 Å². The van der Waals surface area contributed by atoms with Gasteiger partial charge in [0, 0.05) is 16.7 Å². The van der Waals surface area contributed by atoms with Crippen molar-refractivity contribution in [3.05, 3.63) is 70.4 Å². The highest BCUT2D eigenvalue weighted by Crippen LogP contribution is 2.35. The van der Waals surface area contributed by atoms with Crippen LogP contribution in [-0.2, 0) is 0 Å². The van der Waals surface area contributed by atoms with E-state index >= 15 is 0 Å². The zero-order valence-corrected chi connectivity index (χ0v) is 14.1. The van der Waals surface area contributed by atoms with Gasteiger partial charge in [-0.05, 0) is 37.6 Å². The summed E-state index contributed by atoms with van der Waals surface area (Å²) in [7, 11) is 0. The molecule has 1 heterocycles. The fourth-order valence-corrected chi connectivity index (χ4v) is 2.92. The second kappa shape index (κ2) is 6.35. The number of hydrogen-bond acceptors (Lipinski definition) is 3. The number of rotatable bonds is 2. The van der Waals surface area contributed by atoms with Gasteiger partial charge in [-0.1, -0.05) is 41.9 Å². The summed E-state index contributed by atoms with van der Waals surface area (Å²) in [4.78, 5) is 4.52. The van der Waals surface area contributed by atoms with E-state index in [0.717, 1.165) is 22.3 Å². The quantitative estimate of drug-likeness (QED) is 0.695. The number of nitrogens with zero attached hydrogens (tertiary/aromatic N) is 2. The van der Waals surface area contributed by atoms with Gasteiger partial charge in [0.15, 0.2) is 0 Å². The predicted molar refractivity (Wildman–Crippen MR) is 96.0 cm³/mol. The number of aryl methyl sites for hydroxylation is 2. The van der Waals surface area contributed by atoms with E-state index in [-0.39, 0.29) is 5.75 Å². The summed E-state index contributed by atoms with van der Waals surface area (Å²) in [6.07, 6.45) is 0. The van der Waals surface area contributed by atoms with Crippen LogP contribution in [0.5, 0.6) is 5.75 Å². The van der Waals surface area contributed by atoms with E-state index in [0.29, 0.717) is 22.0 Å². The number of benzene rings is 2. The Labute approximate surface area is 145 Å². The van der Waals surface area contributed by atoms with Crippen LogP contribution in [0.25, 0.3) is 22.4 Å². The molecule has 3 nitrogen and oxygen atoms in total. The first kappa shape index (κ1) is 16.0. The van der Waals surface area contributed by atoms with E-state index in [1.165, 1.54) is 0 Å². The molecule has 0 saturated carbocycles. The molecule has 0 aliphatic carbocycles. The minimum atomic E-state index is 0.173. The highest BCUT2D eigenvalue weighted by atomic mass is 35.5. The SMILES string of the molecule is Cc1cccc(-c2cc(-c3cccc(O)c3)nc(C)c2C#N)c1Cl. The minimum absolute atomic E-state index is 0.173. The number of pyridine rings is 1. The summed E-state index contributed by atoms with van der Waals surface area (Å²) >= 11 is 6.46. The smallest absolute Gasteiger partial charge is 0.116 e. The van der Waals surface area contributed by atoms with E-state index in [1.54, 1.807) is 25.1 Å². The molecule has 3 rings (SSSR count). The van der Waals surface area contributed by atoms with Gasteiger partial charge >= 0.3 is 0 Å². The van der Waals surface area contributed by atoms with Crippen LogP contribution in [0.15, 0.2) is 48.5 Å². The molecular weight excluding hydrogens is 320 g/mol. The molecule has 0 bridgehead atoms. The van der Waals surface area contributed by atoms with Crippen molar-refractivity contribution < 1.29 is 5.11 Å². The van der Waals surface area contributed by atoms with Crippen molar-refractivity contribution in [3.8, 4) is 34.2 Å². The fourth-order valence-electron chi connectivity index (χ4n) is 2.69. The molecule has 0 unspecified atom stereocenters. The monoisotopic (exact) mass is 334 g/mol. The number of nitriles is 1. The standard InChI is InChI=1S/C20H15ClN2O/c1-12-5-3-8-16(20(12)21)17-10-19(23-13(2)18(17)11-22)14-6-4-7-15(24)9-14/h3-10,24H,1-2H3. The summed E-state index contributed by atoms with van der Waals surface area (Å²) < 4.78 is 0. The van der Waals surface area contributed by atoms with Gasteiger partial charge in [0.05, 0.1) is 22.0 Å². The molecule has 1 aromatic heterocycles. The van der Waals surface area contributed by atoms with Gasteiger partial charge in [0.1, 0.15) is 11.8 Å². The molecule has 4 heteroatoms. The minimum Gasteiger partial charge on any atom is -0.508 e. The van der Waals surface area contributed by atoms with E-state index in [4.69, 9.17) is 11.6 Å². The Hall–Kier alpha value is -2.83. The molecule has 0 fully saturated rings. The van der Waals surface area contributed by atoms with Crippen LogP contribution in [-0.4, -0.2) is 10.1 Å². The molecule has 118 valence electrons. The van der Waals surface area contributed by atoms with E-state index in [9.17, 15) is 10.4 Å². The van der Waals surface area contributed by atoms with Crippen LogP contribution in [0.2, 0.25) is 5.02 Å². The van der Waals surface area contributed by atoms with Crippen LogP contribution >= 0.6 is 11.6 Å². The summed E-state index contributed by atoms with van der Waals surface area (Å²) in [5.74, 6) is 0.173. The van der Waals surface area contributed by atoms with Crippen molar-refractivity contribution in [2.75, 3.05) is 0 Å². The van der Waals surface area contributed by atoms with Crippen molar-refractivity contribution in [1.29, 1.82) is 5.26 Å². The number of hydrogen-bond donors (Lipinski definition) is 1. The van der Waals surface area contributed by atoms with E-state index in [1.807, 2.05) is 37.3 Å². The van der Waals surface area contributed by atoms with Crippen LogP contribution in [0.3, 0.4) is 0 Å². The maximum Gasteiger partial charge on any atom is 0.116 e. The van der Waals surface area contributed by atoms with Crippen LogP contribution in [0.4, 0.5) is 0 Å².